The van der Waals surface area contributed by atoms with E-state index in [0.29, 0.717) is 6.61 Å². The lowest BCUT2D eigenvalue weighted by Crippen LogP contribution is -2.10. The molecule has 0 bridgehead atoms. The summed E-state index contributed by atoms with van der Waals surface area (Å²) in [5.41, 5.74) is 3.29. The summed E-state index contributed by atoms with van der Waals surface area (Å²) in [7, 11) is 0. The fourth-order valence-corrected chi connectivity index (χ4v) is 3.18. The molecular weight excluding hydrogens is 324 g/mol. The smallest absolute Gasteiger partial charge is 0.138 e. The lowest BCUT2D eigenvalue weighted by Gasteiger charge is -2.13. The number of benzene rings is 2. The lowest BCUT2D eigenvalue weighted by molar-refractivity contribution is 0.152. The van der Waals surface area contributed by atoms with Crippen LogP contribution in [-0.4, -0.2) is 21.3 Å². The van der Waals surface area contributed by atoms with Gasteiger partial charge in [-0.05, 0) is 50.5 Å². The Morgan fingerprint density at radius 3 is 2.62 bits per heavy atom. The fourth-order valence-electron chi connectivity index (χ4n) is 3.18. The van der Waals surface area contributed by atoms with Crippen molar-refractivity contribution in [2.45, 2.75) is 52.2 Å². The molecule has 0 radical (unpaired) electrons. The summed E-state index contributed by atoms with van der Waals surface area (Å²) in [6.07, 6.45) is 3.12. The number of aliphatic hydroxyl groups excluding tert-OH is 1. The molecule has 0 saturated heterocycles. The van der Waals surface area contributed by atoms with E-state index in [-0.39, 0.29) is 0 Å². The van der Waals surface area contributed by atoms with E-state index in [1.165, 1.54) is 5.56 Å². The summed E-state index contributed by atoms with van der Waals surface area (Å²) in [4.78, 5) is 4.67. The molecule has 1 atom stereocenters. The van der Waals surface area contributed by atoms with Gasteiger partial charge in [0.2, 0.25) is 0 Å². The fraction of sp³-hybridized carbons (Fsp3) is 0.409. The van der Waals surface area contributed by atoms with E-state index in [1.54, 1.807) is 0 Å². The number of aromatic nitrogens is 2. The number of hydrogen-bond acceptors (Lipinski definition) is 3. The highest BCUT2D eigenvalue weighted by Crippen LogP contribution is 2.24. The maximum atomic E-state index is 10.5. The van der Waals surface area contributed by atoms with E-state index in [0.717, 1.165) is 54.8 Å². The number of aliphatic hydroxyl groups is 1. The molecule has 138 valence electrons. The van der Waals surface area contributed by atoms with Crippen molar-refractivity contribution in [1.29, 1.82) is 0 Å². The predicted molar refractivity (Wildman–Crippen MR) is 106 cm³/mol. The van der Waals surface area contributed by atoms with Crippen molar-refractivity contribution in [1.82, 2.24) is 9.55 Å². The molecule has 4 heteroatoms. The number of unbranched alkanes of at least 4 members (excludes halogenated alkanes) is 1. The minimum atomic E-state index is -0.504. The largest absolute Gasteiger partial charge is 0.494 e. The number of aryl methyl sites for hydroxylation is 2. The predicted octanol–water partition coefficient (Wildman–Crippen LogP) is 5.04. The van der Waals surface area contributed by atoms with Crippen LogP contribution in [0.5, 0.6) is 5.75 Å². The van der Waals surface area contributed by atoms with E-state index in [1.807, 2.05) is 30.3 Å². The van der Waals surface area contributed by atoms with Crippen LogP contribution in [0, 0.1) is 6.92 Å². The van der Waals surface area contributed by atoms with Crippen LogP contribution >= 0.6 is 0 Å². The van der Waals surface area contributed by atoms with Gasteiger partial charge in [-0.2, -0.15) is 0 Å². The Hall–Kier alpha value is -2.33. The minimum absolute atomic E-state index is 0.504. The number of ether oxygens (including phenoxy) is 1. The first-order valence-electron chi connectivity index (χ1n) is 9.51. The minimum Gasteiger partial charge on any atom is -0.494 e. The van der Waals surface area contributed by atoms with E-state index < -0.39 is 6.10 Å². The lowest BCUT2D eigenvalue weighted by atomic mass is 10.2. The number of hydrogen-bond donors (Lipinski definition) is 1. The Balaban J connectivity index is 1.60. The second kappa shape index (κ2) is 8.86. The van der Waals surface area contributed by atoms with Gasteiger partial charge in [0.25, 0.3) is 0 Å². The number of para-hydroxylation sites is 2. The third kappa shape index (κ3) is 4.44. The third-order valence-corrected chi connectivity index (χ3v) is 4.61. The van der Waals surface area contributed by atoms with Gasteiger partial charge in [0.15, 0.2) is 0 Å². The Bertz CT molecular complexity index is 824. The molecule has 1 heterocycles. The number of imidazole rings is 1. The molecule has 0 spiro atoms. The molecule has 0 unspecified atom stereocenters. The van der Waals surface area contributed by atoms with Crippen molar-refractivity contribution in [3.8, 4) is 5.75 Å². The van der Waals surface area contributed by atoms with E-state index in [9.17, 15) is 5.11 Å². The first-order valence-corrected chi connectivity index (χ1v) is 9.51. The van der Waals surface area contributed by atoms with Gasteiger partial charge in [0, 0.05) is 6.54 Å². The molecule has 0 aliphatic carbocycles. The van der Waals surface area contributed by atoms with Crippen LogP contribution in [-0.2, 0) is 6.54 Å². The molecular formula is C22H28N2O2. The van der Waals surface area contributed by atoms with Crippen molar-refractivity contribution in [3.63, 3.8) is 0 Å². The quantitative estimate of drug-likeness (QED) is 0.549. The van der Waals surface area contributed by atoms with Gasteiger partial charge in [0.1, 0.15) is 17.7 Å². The molecule has 1 aromatic heterocycles. The van der Waals surface area contributed by atoms with E-state index in [4.69, 9.17) is 4.74 Å². The number of rotatable bonds is 9. The Labute approximate surface area is 155 Å². The van der Waals surface area contributed by atoms with E-state index >= 15 is 0 Å². The van der Waals surface area contributed by atoms with Crippen LogP contribution < -0.4 is 4.74 Å². The topological polar surface area (TPSA) is 47.3 Å². The first kappa shape index (κ1) is 18.5. The molecule has 26 heavy (non-hydrogen) atoms. The molecule has 3 rings (SSSR count). The van der Waals surface area contributed by atoms with Crippen LogP contribution in [0.3, 0.4) is 0 Å². The zero-order valence-corrected chi connectivity index (χ0v) is 15.7. The van der Waals surface area contributed by atoms with Gasteiger partial charge in [-0.15, -0.1) is 0 Å². The maximum absolute atomic E-state index is 10.5. The monoisotopic (exact) mass is 352 g/mol. The molecule has 1 N–H and O–H groups in total. The van der Waals surface area contributed by atoms with Crippen LogP contribution in [0.25, 0.3) is 11.0 Å². The first-order chi connectivity index (χ1) is 12.7. The molecule has 2 aromatic carbocycles. The molecule has 0 aliphatic rings. The van der Waals surface area contributed by atoms with Crippen molar-refractivity contribution < 1.29 is 9.84 Å². The van der Waals surface area contributed by atoms with Gasteiger partial charge < -0.3 is 14.4 Å². The highest BCUT2D eigenvalue weighted by molar-refractivity contribution is 5.76. The molecule has 3 aromatic rings. The van der Waals surface area contributed by atoms with Crippen LogP contribution in [0.15, 0.2) is 48.5 Å². The van der Waals surface area contributed by atoms with Gasteiger partial charge in [0.05, 0.1) is 17.6 Å². The number of fused-ring (bicyclic) bond motifs is 1. The zero-order chi connectivity index (χ0) is 18.4. The van der Waals surface area contributed by atoms with Gasteiger partial charge >= 0.3 is 0 Å². The van der Waals surface area contributed by atoms with Crippen molar-refractivity contribution in [3.05, 3.63) is 59.9 Å². The van der Waals surface area contributed by atoms with E-state index in [2.05, 4.69) is 41.6 Å². The summed E-state index contributed by atoms with van der Waals surface area (Å²) in [5, 5.41) is 10.5. The van der Waals surface area contributed by atoms with Crippen molar-refractivity contribution in [2.75, 3.05) is 6.61 Å². The van der Waals surface area contributed by atoms with Crippen molar-refractivity contribution >= 4 is 11.0 Å². The van der Waals surface area contributed by atoms with Crippen molar-refractivity contribution in [2.24, 2.45) is 0 Å². The summed E-state index contributed by atoms with van der Waals surface area (Å²) in [5.74, 6) is 1.70. The molecule has 0 amide bonds. The normalized spacial score (nSPS) is 12.4. The molecule has 0 saturated carbocycles. The SMILES string of the molecule is CCC[C@H](O)c1nc2ccccc2n1CCCCOc1ccc(C)cc1. The molecule has 0 fully saturated rings. The number of nitrogens with zero attached hydrogens (tertiary/aromatic N) is 2. The van der Waals surface area contributed by atoms with Gasteiger partial charge in [-0.3, -0.25) is 0 Å². The summed E-state index contributed by atoms with van der Waals surface area (Å²) >= 11 is 0. The van der Waals surface area contributed by atoms with Gasteiger partial charge in [-0.25, -0.2) is 4.98 Å². The van der Waals surface area contributed by atoms with Crippen LogP contribution in [0.4, 0.5) is 0 Å². The summed E-state index contributed by atoms with van der Waals surface area (Å²) in [6, 6.07) is 16.3. The summed E-state index contributed by atoms with van der Waals surface area (Å²) in [6.45, 7) is 5.69. The maximum Gasteiger partial charge on any atom is 0.138 e. The standard InChI is InChI=1S/C22H28N2O2/c1-3-8-21(25)22-23-19-9-4-5-10-20(19)24(22)15-6-7-16-26-18-13-11-17(2)12-14-18/h4-5,9-14,21,25H,3,6-8,15-16H2,1-2H3/t21-/m0/s1. The second-order valence-electron chi connectivity index (χ2n) is 6.78. The highest BCUT2D eigenvalue weighted by atomic mass is 16.5. The van der Waals surface area contributed by atoms with Crippen LogP contribution in [0.1, 0.15) is 50.1 Å². The van der Waals surface area contributed by atoms with Crippen LogP contribution in [0.2, 0.25) is 0 Å². The Morgan fingerprint density at radius 2 is 1.85 bits per heavy atom. The summed E-state index contributed by atoms with van der Waals surface area (Å²) < 4.78 is 7.98. The second-order valence-corrected chi connectivity index (χ2v) is 6.78. The zero-order valence-electron chi connectivity index (χ0n) is 15.7. The highest BCUT2D eigenvalue weighted by Gasteiger charge is 2.17. The Kier molecular flexibility index (Phi) is 6.29. The third-order valence-electron chi connectivity index (χ3n) is 4.61. The Morgan fingerprint density at radius 1 is 1.08 bits per heavy atom. The van der Waals surface area contributed by atoms with Gasteiger partial charge in [-0.1, -0.05) is 43.2 Å². The molecule has 0 aliphatic heterocycles. The average Bonchev–Trinajstić information content (AvgIpc) is 3.02. The molecule has 4 nitrogen and oxygen atoms in total. The average molecular weight is 352 g/mol.